The Kier molecular flexibility index (Phi) is 4.24. The van der Waals surface area contributed by atoms with Gasteiger partial charge < -0.3 is 9.47 Å². The Morgan fingerprint density at radius 1 is 1.33 bits per heavy atom. The number of methoxy groups -OCH3 is 2. The maximum atomic E-state index is 11.2. The molecule has 0 spiro atoms. The van der Waals surface area contributed by atoms with Crippen molar-refractivity contribution in [1.29, 1.82) is 0 Å². The van der Waals surface area contributed by atoms with Gasteiger partial charge in [-0.25, -0.2) is 0 Å². The van der Waals surface area contributed by atoms with Crippen molar-refractivity contribution in [2.24, 2.45) is 11.3 Å². The highest BCUT2D eigenvalue weighted by Gasteiger charge is 2.31. The van der Waals surface area contributed by atoms with Gasteiger partial charge in [-0.3, -0.25) is 4.79 Å². The minimum Gasteiger partial charge on any atom is -0.469 e. The Labute approximate surface area is 74.0 Å². The average molecular weight is 174 g/mol. The summed E-state index contributed by atoms with van der Waals surface area (Å²) in [5.41, 5.74) is -0.108. The van der Waals surface area contributed by atoms with Gasteiger partial charge >= 0.3 is 5.97 Å². The van der Waals surface area contributed by atoms with Crippen LogP contribution in [-0.2, 0) is 14.3 Å². The van der Waals surface area contributed by atoms with Crippen molar-refractivity contribution >= 4 is 5.97 Å². The first-order valence-corrected chi connectivity index (χ1v) is 4.00. The van der Waals surface area contributed by atoms with E-state index in [0.29, 0.717) is 6.61 Å². The van der Waals surface area contributed by atoms with Crippen molar-refractivity contribution in [1.82, 2.24) is 0 Å². The summed E-state index contributed by atoms with van der Waals surface area (Å²) in [7, 11) is 2.98. The first-order valence-electron chi connectivity index (χ1n) is 4.00. The number of hydrogen-bond donors (Lipinski definition) is 0. The molecule has 0 aromatic rings. The molecule has 0 N–H and O–H groups in total. The monoisotopic (exact) mass is 174 g/mol. The van der Waals surface area contributed by atoms with Crippen LogP contribution >= 0.6 is 0 Å². The Hall–Kier alpha value is -0.570. The minimum atomic E-state index is -0.204. The van der Waals surface area contributed by atoms with Crippen molar-refractivity contribution < 1.29 is 14.3 Å². The predicted molar refractivity (Wildman–Crippen MR) is 46.8 cm³/mol. The van der Waals surface area contributed by atoms with Crippen LogP contribution < -0.4 is 0 Å². The summed E-state index contributed by atoms with van der Waals surface area (Å²) < 4.78 is 9.63. The van der Waals surface area contributed by atoms with Gasteiger partial charge in [0.1, 0.15) is 0 Å². The van der Waals surface area contributed by atoms with Gasteiger partial charge in [-0.15, -0.1) is 0 Å². The summed E-state index contributed by atoms with van der Waals surface area (Å²) in [4.78, 5) is 11.2. The minimum absolute atomic E-state index is 0.108. The zero-order valence-electron chi connectivity index (χ0n) is 8.51. The number of carbonyl (C=O) groups excluding carboxylic acids is 1. The fourth-order valence-electron chi connectivity index (χ4n) is 0.981. The van der Waals surface area contributed by atoms with Crippen LogP contribution in [-0.4, -0.2) is 26.8 Å². The molecule has 0 saturated heterocycles. The first-order chi connectivity index (χ1) is 5.43. The Morgan fingerprint density at radius 3 is 2.08 bits per heavy atom. The molecule has 3 heteroatoms. The van der Waals surface area contributed by atoms with Crippen molar-refractivity contribution in [3.8, 4) is 0 Å². The standard InChI is InChI=1S/C9H18O3/c1-9(2,3)7(6-11-4)8(10)12-5/h7H,6H2,1-5H3/t7-/m1/s1. The smallest absolute Gasteiger partial charge is 0.311 e. The molecule has 0 unspecified atom stereocenters. The first kappa shape index (κ1) is 11.4. The summed E-state index contributed by atoms with van der Waals surface area (Å²) >= 11 is 0. The van der Waals surface area contributed by atoms with E-state index in [1.54, 1.807) is 7.11 Å². The third-order valence-electron chi connectivity index (χ3n) is 1.86. The molecular formula is C9H18O3. The molecule has 0 aromatic heterocycles. The molecule has 0 bridgehead atoms. The highest BCUT2D eigenvalue weighted by molar-refractivity contribution is 5.73. The molecule has 72 valence electrons. The molecule has 0 saturated carbocycles. The molecule has 0 amide bonds. The van der Waals surface area contributed by atoms with Gasteiger partial charge in [0.2, 0.25) is 0 Å². The number of hydrogen-bond acceptors (Lipinski definition) is 3. The Morgan fingerprint density at radius 2 is 1.83 bits per heavy atom. The SMILES string of the molecule is COC[C@H](C(=O)OC)C(C)(C)C. The van der Waals surface area contributed by atoms with Gasteiger partial charge in [0.25, 0.3) is 0 Å². The predicted octanol–water partition coefficient (Wildman–Crippen LogP) is 1.47. The second kappa shape index (κ2) is 4.45. The lowest BCUT2D eigenvalue weighted by atomic mass is 9.81. The highest BCUT2D eigenvalue weighted by Crippen LogP contribution is 2.26. The molecule has 3 nitrogen and oxygen atoms in total. The topological polar surface area (TPSA) is 35.5 Å². The van der Waals surface area contributed by atoms with Crippen molar-refractivity contribution in [3.05, 3.63) is 0 Å². The van der Waals surface area contributed by atoms with Crippen LogP contribution in [0.4, 0.5) is 0 Å². The van der Waals surface area contributed by atoms with E-state index >= 15 is 0 Å². The van der Waals surface area contributed by atoms with Crippen LogP contribution in [0.1, 0.15) is 20.8 Å². The van der Waals surface area contributed by atoms with Crippen LogP contribution in [0, 0.1) is 11.3 Å². The second-order valence-corrected chi connectivity index (χ2v) is 3.90. The molecule has 0 aliphatic rings. The molecule has 0 radical (unpaired) electrons. The lowest BCUT2D eigenvalue weighted by Gasteiger charge is -2.27. The second-order valence-electron chi connectivity index (χ2n) is 3.90. The van der Waals surface area contributed by atoms with Crippen molar-refractivity contribution in [2.45, 2.75) is 20.8 Å². The highest BCUT2D eigenvalue weighted by atomic mass is 16.5. The fraction of sp³-hybridized carbons (Fsp3) is 0.889. The summed E-state index contributed by atoms with van der Waals surface area (Å²) in [6.07, 6.45) is 0. The molecular weight excluding hydrogens is 156 g/mol. The van der Waals surface area contributed by atoms with E-state index in [9.17, 15) is 4.79 Å². The van der Waals surface area contributed by atoms with Gasteiger partial charge in [-0.2, -0.15) is 0 Å². The molecule has 0 aliphatic carbocycles. The zero-order valence-corrected chi connectivity index (χ0v) is 8.51. The van der Waals surface area contributed by atoms with Crippen LogP contribution in [0.3, 0.4) is 0 Å². The largest absolute Gasteiger partial charge is 0.469 e. The van der Waals surface area contributed by atoms with E-state index in [1.165, 1.54) is 7.11 Å². The van der Waals surface area contributed by atoms with Crippen molar-refractivity contribution in [2.75, 3.05) is 20.8 Å². The summed E-state index contributed by atoms with van der Waals surface area (Å²) in [5, 5.41) is 0. The van der Waals surface area contributed by atoms with Gasteiger partial charge in [-0.1, -0.05) is 20.8 Å². The molecule has 0 aliphatic heterocycles. The van der Waals surface area contributed by atoms with Gasteiger partial charge in [-0.05, 0) is 5.41 Å². The maximum absolute atomic E-state index is 11.2. The Bertz CT molecular complexity index is 146. The number of ether oxygens (including phenoxy) is 2. The molecule has 1 atom stereocenters. The van der Waals surface area contributed by atoms with E-state index in [0.717, 1.165) is 0 Å². The lowest BCUT2D eigenvalue weighted by Crippen LogP contribution is -2.33. The van der Waals surface area contributed by atoms with Gasteiger partial charge in [0.15, 0.2) is 0 Å². The van der Waals surface area contributed by atoms with Crippen molar-refractivity contribution in [3.63, 3.8) is 0 Å². The van der Waals surface area contributed by atoms with Crippen LogP contribution in [0.25, 0.3) is 0 Å². The van der Waals surface area contributed by atoms with Gasteiger partial charge in [0.05, 0.1) is 19.6 Å². The number of esters is 1. The number of carbonyl (C=O) groups is 1. The van der Waals surface area contributed by atoms with Crippen LogP contribution in [0.2, 0.25) is 0 Å². The number of rotatable bonds is 3. The summed E-state index contributed by atoms with van der Waals surface area (Å²) in [6.45, 7) is 6.39. The summed E-state index contributed by atoms with van der Waals surface area (Å²) in [5.74, 6) is -0.392. The quantitative estimate of drug-likeness (QED) is 0.608. The molecule has 12 heavy (non-hydrogen) atoms. The zero-order chi connectivity index (χ0) is 9.78. The van der Waals surface area contributed by atoms with Crippen LogP contribution in [0.5, 0.6) is 0 Å². The van der Waals surface area contributed by atoms with E-state index in [-0.39, 0.29) is 17.3 Å². The third-order valence-corrected chi connectivity index (χ3v) is 1.86. The van der Waals surface area contributed by atoms with E-state index in [4.69, 9.17) is 4.74 Å². The fourth-order valence-corrected chi connectivity index (χ4v) is 0.981. The van der Waals surface area contributed by atoms with Gasteiger partial charge in [0, 0.05) is 7.11 Å². The molecule has 0 rings (SSSR count). The van der Waals surface area contributed by atoms with E-state index < -0.39 is 0 Å². The average Bonchev–Trinajstić information content (AvgIpc) is 1.96. The molecule has 0 fully saturated rings. The molecule has 0 heterocycles. The van der Waals surface area contributed by atoms with Crippen LogP contribution in [0.15, 0.2) is 0 Å². The van der Waals surface area contributed by atoms with E-state index in [1.807, 2.05) is 20.8 Å². The van der Waals surface area contributed by atoms with E-state index in [2.05, 4.69) is 4.74 Å². The Balaban J connectivity index is 4.33. The normalized spacial score (nSPS) is 14.1. The summed E-state index contributed by atoms with van der Waals surface area (Å²) in [6, 6.07) is 0. The lowest BCUT2D eigenvalue weighted by molar-refractivity contribution is -0.151. The molecule has 0 aromatic carbocycles. The maximum Gasteiger partial charge on any atom is 0.311 e. The third kappa shape index (κ3) is 3.22.